The van der Waals surface area contributed by atoms with Crippen molar-refractivity contribution < 1.29 is 0 Å². The lowest BCUT2D eigenvalue weighted by Crippen LogP contribution is -2.33. The van der Waals surface area contributed by atoms with E-state index in [-0.39, 0.29) is 0 Å². The topological polar surface area (TPSA) is 8.17 Å². The number of hydrogen-bond acceptors (Lipinski definition) is 1. The molecule has 2 aliphatic rings. The summed E-state index contributed by atoms with van der Waals surface area (Å²) in [4.78, 5) is 2.41. The Morgan fingerprint density at radius 1 is 0.356 bits per heavy atom. The second-order valence-corrected chi connectivity index (χ2v) is 16.0. The molecule has 59 heavy (non-hydrogen) atoms. The summed E-state index contributed by atoms with van der Waals surface area (Å²) < 4.78 is 2.51. The number of rotatable bonds is 4. The third kappa shape index (κ3) is 4.35. The van der Waals surface area contributed by atoms with Crippen LogP contribution in [0.3, 0.4) is 0 Å². The van der Waals surface area contributed by atoms with Gasteiger partial charge in [0.2, 0.25) is 0 Å². The lowest BCUT2D eigenvalue weighted by molar-refractivity contribution is 0.749. The molecule has 1 spiro atoms. The molecule has 0 radical (unpaired) electrons. The maximum Gasteiger partial charge on any atom is 0.0754 e. The SMILES string of the molecule is c1ccc(N(c2ccc(-c3ccc4c(c3)C3(c5ccccc5-4)c4ccccc4-n4c5ccccc5c5cccc3c54)cc2)c2cc3ccccc3c3ccccc23)cc1. The number of para-hydroxylation sites is 4. The van der Waals surface area contributed by atoms with Crippen LogP contribution in [-0.2, 0) is 5.41 Å². The largest absolute Gasteiger partial charge is 0.310 e. The van der Waals surface area contributed by atoms with Crippen molar-refractivity contribution in [3.8, 4) is 27.9 Å². The second-order valence-electron chi connectivity index (χ2n) is 16.0. The summed E-state index contributed by atoms with van der Waals surface area (Å²) in [7, 11) is 0. The molecular formula is C57H36N2. The molecule has 1 aromatic heterocycles. The molecule has 1 aliphatic heterocycles. The first-order valence-corrected chi connectivity index (χ1v) is 20.5. The van der Waals surface area contributed by atoms with Crippen molar-refractivity contribution in [1.29, 1.82) is 0 Å². The van der Waals surface area contributed by atoms with Crippen LogP contribution in [0.5, 0.6) is 0 Å². The molecule has 11 aromatic rings. The third-order valence-electron chi connectivity index (χ3n) is 13.2. The molecule has 0 fully saturated rings. The van der Waals surface area contributed by atoms with Gasteiger partial charge >= 0.3 is 0 Å². The van der Waals surface area contributed by atoms with Crippen molar-refractivity contribution in [3.05, 3.63) is 241 Å². The van der Waals surface area contributed by atoms with Gasteiger partial charge in [-0.15, -0.1) is 0 Å². The van der Waals surface area contributed by atoms with E-state index in [0.29, 0.717) is 0 Å². The molecule has 0 N–H and O–H groups in total. The van der Waals surface area contributed by atoms with Gasteiger partial charge in [0.1, 0.15) is 0 Å². The number of benzene rings is 10. The number of fused-ring (bicyclic) bond motifs is 15. The van der Waals surface area contributed by atoms with Crippen molar-refractivity contribution in [2.45, 2.75) is 5.41 Å². The van der Waals surface area contributed by atoms with E-state index >= 15 is 0 Å². The maximum absolute atomic E-state index is 2.51. The minimum Gasteiger partial charge on any atom is -0.310 e. The van der Waals surface area contributed by atoms with E-state index in [1.54, 1.807) is 0 Å². The Labute approximate surface area is 342 Å². The highest BCUT2D eigenvalue weighted by atomic mass is 15.1. The number of aromatic nitrogens is 1. The van der Waals surface area contributed by atoms with Crippen LogP contribution in [0.4, 0.5) is 17.1 Å². The molecule has 2 heterocycles. The van der Waals surface area contributed by atoms with E-state index in [1.165, 1.54) is 93.5 Å². The molecule has 0 saturated carbocycles. The summed E-state index contributed by atoms with van der Waals surface area (Å²) in [6, 6.07) is 81.0. The van der Waals surface area contributed by atoms with Gasteiger partial charge < -0.3 is 9.47 Å². The number of anilines is 3. The fourth-order valence-electron chi connectivity index (χ4n) is 10.8. The molecule has 2 heteroatoms. The first-order valence-electron chi connectivity index (χ1n) is 20.5. The first kappa shape index (κ1) is 32.4. The Hall–Kier alpha value is -7.68. The molecule has 0 bridgehead atoms. The van der Waals surface area contributed by atoms with Gasteiger partial charge in [-0.3, -0.25) is 0 Å². The lowest BCUT2D eigenvalue weighted by atomic mass is 9.65. The van der Waals surface area contributed by atoms with Crippen LogP contribution in [0.1, 0.15) is 22.3 Å². The van der Waals surface area contributed by atoms with Gasteiger partial charge in [-0.25, -0.2) is 0 Å². The van der Waals surface area contributed by atoms with Gasteiger partial charge in [0.25, 0.3) is 0 Å². The van der Waals surface area contributed by atoms with Gasteiger partial charge in [-0.05, 0) is 109 Å². The number of hydrogen-bond donors (Lipinski definition) is 0. The average Bonchev–Trinajstić information content (AvgIpc) is 3.80. The van der Waals surface area contributed by atoms with Gasteiger partial charge in [0.15, 0.2) is 0 Å². The smallest absolute Gasteiger partial charge is 0.0754 e. The summed E-state index contributed by atoms with van der Waals surface area (Å²) in [6.07, 6.45) is 0. The van der Waals surface area contributed by atoms with Gasteiger partial charge in [-0.2, -0.15) is 0 Å². The van der Waals surface area contributed by atoms with E-state index in [1.807, 2.05) is 0 Å². The molecule has 1 aliphatic carbocycles. The molecule has 2 nitrogen and oxygen atoms in total. The van der Waals surface area contributed by atoms with Crippen LogP contribution >= 0.6 is 0 Å². The Bertz CT molecular complexity index is 3500. The monoisotopic (exact) mass is 748 g/mol. The minimum absolute atomic E-state index is 0.483. The quantitative estimate of drug-likeness (QED) is 0.163. The standard InChI is InChI=1S/C57H36N2/c1-2-16-40(17-3-1)58(55-36-39-15-4-5-18-42(39)43-19-6-7-21-46(43)55)41-32-29-37(30-33-41)38-31-34-45-44-20-8-10-24-49(44)57(52(45)35-38)50-25-11-13-28-54(50)59-53-27-12-9-22-47(53)48-23-14-26-51(57)56(48)59/h1-36H. The zero-order valence-corrected chi connectivity index (χ0v) is 32.2. The van der Waals surface area contributed by atoms with E-state index in [0.717, 1.165) is 17.1 Å². The molecule has 0 amide bonds. The number of nitrogens with zero attached hydrogens (tertiary/aromatic N) is 2. The van der Waals surface area contributed by atoms with Crippen molar-refractivity contribution >= 4 is 60.4 Å². The zero-order chi connectivity index (χ0) is 38.7. The van der Waals surface area contributed by atoms with Gasteiger partial charge in [0, 0.05) is 27.5 Å². The first-order chi connectivity index (χ1) is 29.3. The van der Waals surface area contributed by atoms with Crippen LogP contribution < -0.4 is 4.90 Å². The average molecular weight is 749 g/mol. The van der Waals surface area contributed by atoms with Crippen LogP contribution in [-0.4, -0.2) is 4.57 Å². The van der Waals surface area contributed by atoms with Crippen molar-refractivity contribution in [2.75, 3.05) is 4.90 Å². The van der Waals surface area contributed by atoms with Crippen molar-refractivity contribution in [1.82, 2.24) is 4.57 Å². The molecule has 13 rings (SSSR count). The Morgan fingerprint density at radius 2 is 0.966 bits per heavy atom. The van der Waals surface area contributed by atoms with E-state index < -0.39 is 5.41 Å². The maximum atomic E-state index is 2.51. The van der Waals surface area contributed by atoms with Gasteiger partial charge in [-0.1, -0.05) is 170 Å². The summed E-state index contributed by atoms with van der Waals surface area (Å²) >= 11 is 0. The second kappa shape index (κ2) is 12.2. The highest BCUT2D eigenvalue weighted by Gasteiger charge is 2.50. The highest BCUT2D eigenvalue weighted by Crippen LogP contribution is 2.61. The molecule has 274 valence electrons. The minimum atomic E-state index is -0.483. The predicted molar refractivity (Wildman–Crippen MR) is 247 cm³/mol. The fourth-order valence-corrected chi connectivity index (χ4v) is 10.8. The Morgan fingerprint density at radius 3 is 1.83 bits per heavy atom. The molecule has 1 atom stereocenters. The molecule has 0 saturated heterocycles. The van der Waals surface area contributed by atoms with E-state index in [2.05, 4.69) is 228 Å². The summed E-state index contributed by atoms with van der Waals surface area (Å²) in [6.45, 7) is 0. The fraction of sp³-hybridized carbons (Fsp3) is 0.0175. The lowest BCUT2D eigenvalue weighted by Gasteiger charge is -2.39. The van der Waals surface area contributed by atoms with E-state index in [4.69, 9.17) is 0 Å². The molecule has 1 unspecified atom stereocenters. The normalized spacial score (nSPS) is 14.8. The predicted octanol–water partition coefficient (Wildman–Crippen LogP) is 14.9. The summed E-state index contributed by atoms with van der Waals surface area (Å²) in [5, 5.41) is 7.57. The molecule has 10 aromatic carbocycles. The Kier molecular flexibility index (Phi) is 6.68. The molecular weight excluding hydrogens is 713 g/mol. The van der Waals surface area contributed by atoms with E-state index in [9.17, 15) is 0 Å². The van der Waals surface area contributed by atoms with Crippen LogP contribution in [0.2, 0.25) is 0 Å². The van der Waals surface area contributed by atoms with Crippen LogP contribution in [0.25, 0.3) is 71.3 Å². The van der Waals surface area contributed by atoms with Gasteiger partial charge in [0.05, 0.1) is 27.8 Å². The van der Waals surface area contributed by atoms with Crippen molar-refractivity contribution in [3.63, 3.8) is 0 Å². The van der Waals surface area contributed by atoms with Crippen LogP contribution in [0, 0.1) is 0 Å². The van der Waals surface area contributed by atoms with Crippen LogP contribution in [0.15, 0.2) is 218 Å². The third-order valence-corrected chi connectivity index (χ3v) is 13.2. The summed E-state index contributed by atoms with van der Waals surface area (Å²) in [5.74, 6) is 0. The highest BCUT2D eigenvalue weighted by molar-refractivity contribution is 6.15. The van der Waals surface area contributed by atoms with Crippen molar-refractivity contribution in [2.24, 2.45) is 0 Å². The Balaban J connectivity index is 1.01. The zero-order valence-electron chi connectivity index (χ0n) is 32.2. The summed E-state index contributed by atoms with van der Waals surface area (Å²) in [5.41, 5.74) is 17.1.